The maximum atomic E-state index is 13.5. The van der Waals surface area contributed by atoms with Crippen molar-refractivity contribution in [3.63, 3.8) is 0 Å². The smallest absolute Gasteiger partial charge is 0.308 e. The Morgan fingerprint density at radius 2 is 1.80 bits per heavy atom. The average molecular weight is 501 g/mol. The highest BCUT2D eigenvalue weighted by Gasteiger charge is 2.33. The topological polar surface area (TPSA) is 75.2 Å². The third-order valence-electron chi connectivity index (χ3n) is 6.91. The number of carbonyl (C=O) groups is 2. The first-order chi connectivity index (χ1) is 17.0. The monoisotopic (exact) mass is 500 g/mol. The van der Waals surface area contributed by atoms with Gasteiger partial charge in [0, 0.05) is 51.4 Å². The molecule has 1 aliphatic heterocycles. The maximum absolute atomic E-state index is 13.5. The number of ether oxygens (including phenoxy) is 1. The van der Waals surface area contributed by atoms with Crippen LogP contribution in [0.25, 0.3) is 0 Å². The number of allylic oxidation sites excluding steroid dienone is 2. The Bertz CT molecular complexity index is 907. The van der Waals surface area contributed by atoms with Gasteiger partial charge in [-0.1, -0.05) is 19.2 Å². The van der Waals surface area contributed by atoms with Gasteiger partial charge in [0.15, 0.2) is 0 Å². The van der Waals surface area contributed by atoms with E-state index in [-0.39, 0.29) is 23.7 Å². The number of aromatic nitrogens is 1. The summed E-state index contributed by atoms with van der Waals surface area (Å²) in [5.74, 6) is 1.09. The van der Waals surface area contributed by atoms with Crippen LogP contribution >= 0.6 is 9.47 Å². The Hall–Kier alpha value is -2.70. The van der Waals surface area contributed by atoms with Crippen molar-refractivity contribution in [1.82, 2.24) is 14.8 Å². The summed E-state index contributed by atoms with van der Waals surface area (Å²) in [6.07, 6.45) is 7.97. The van der Waals surface area contributed by atoms with Crippen molar-refractivity contribution < 1.29 is 18.8 Å². The molecule has 1 unspecified atom stereocenters. The number of nitrogens with zero attached hydrogens (tertiary/aromatic N) is 4. The summed E-state index contributed by atoms with van der Waals surface area (Å²) in [6, 6.07) is 5.65. The van der Waals surface area contributed by atoms with Crippen LogP contribution in [0.3, 0.4) is 0 Å². The molecular formula is C26H37N4O4P. The summed E-state index contributed by atoms with van der Waals surface area (Å²) < 4.78 is 10.2. The third-order valence-corrected chi connectivity index (χ3v) is 7.17. The highest BCUT2D eigenvalue weighted by atomic mass is 31.0. The Morgan fingerprint density at radius 3 is 2.34 bits per heavy atom. The molecule has 0 bridgehead atoms. The molecule has 1 atom stereocenters. The summed E-state index contributed by atoms with van der Waals surface area (Å²) in [4.78, 5) is 36.3. The van der Waals surface area contributed by atoms with Crippen molar-refractivity contribution in [2.75, 3.05) is 51.3 Å². The number of hydrogen-bond donors (Lipinski definition) is 0. The molecule has 1 amide bonds. The fraction of sp³-hybridized carbons (Fsp3) is 0.500. The van der Waals surface area contributed by atoms with Gasteiger partial charge in [-0.3, -0.25) is 19.4 Å². The van der Waals surface area contributed by atoms with Crippen LogP contribution in [0.2, 0.25) is 0 Å². The van der Waals surface area contributed by atoms with E-state index in [1.165, 1.54) is 7.11 Å². The van der Waals surface area contributed by atoms with E-state index in [0.29, 0.717) is 43.8 Å². The van der Waals surface area contributed by atoms with Crippen LogP contribution < -0.4 is 4.90 Å². The van der Waals surface area contributed by atoms with Crippen LogP contribution in [0.4, 0.5) is 5.82 Å². The second kappa shape index (κ2) is 13.4. The van der Waals surface area contributed by atoms with Gasteiger partial charge < -0.3 is 14.2 Å². The highest BCUT2D eigenvalue weighted by molar-refractivity contribution is 7.10. The van der Waals surface area contributed by atoms with Crippen LogP contribution in [0.15, 0.2) is 61.2 Å². The Morgan fingerprint density at radius 1 is 1.11 bits per heavy atom. The Balaban J connectivity index is 1.61. The molecule has 2 fully saturated rings. The van der Waals surface area contributed by atoms with Crippen molar-refractivity contribution in [1.29, 1.82) is 0 Å². The molecule has 2 aliphatic rings. The van der Waals surface area contributed by atoms with Crippen LogP contribution in [-0.2, 0) is 18.8 Å². The van der Waals surface area contributed by atoms with Crippen LogP contribution in [0.1, 0.15) is 25.7 Å². The van der Waals surface area contributed by atoms with Crippen LogP contribution in [0, 0.1) is 11.8 Å². The Labute approximate surface area is 210 Å². The van der Waals surface area contributed by atoms with E-state index in [4.69, 9.17) is 9.26 Å². The highest BCUT2D eigenvalue weighted by Crippen LogP contribution is 2.31. The summed E-state index contributed by atoms with van der Waals surface area (Å²) in [7, 11) is 3.68. The first kappa shape index (κ1) is 26.9. The van der Waals surface area contributed by atoms with E-state index in [9.17, 15) is 9.59 Å². The summed E-state index contributed by atoms with van der Waals surface area (Å²) in [5.41, 5.74) is 0.933. The quantitative estimate of drug-likeness (QED) is 0.211. The lowest BCUT2D eigenvalue weighted by atomic mass is 9.81. The number of anilines is 1. The van der Waals surface area contributed by atoms with Crippen molar-refractivity contribution in [3.8, 4) is 0 Å². The molecule has 9 heteroatoms. The maximum Gasteiger partial charge on any atom is 0.308 e. The molecule has 0 aromatic carbocycles. The zero-order valence-electron chi connectivity index (χ0n) is 20.6. The normalized spacial score (nSPS) is 21.5. The molecule has 190 valence electrons. The van der Waals surface area contributed by atoms with Crippen molar-refractivity contribution in [2.24, 2.45) is 11.8 Å². The van der Waals surface area contributed by atoms with Crippen LogP contribution in [0.5, 0.6) is 0 Å². The minimum absolute atomic E-state index is 0.0933. The standard InChI is InChI=1S/C26H37N4O4P/c1-4-22(23(5-2)34-35)29-17-14-28(15-18-29)16-19-30(24-8-6-7-13-27-24)25(31)20-9-11-21(12-10-20)26(32)33-3/h4-8,13,20-21H,1-2,9-12,14-19,35H2,3H3/b23-22-. The van der Waals surface area contributed by atoms with Crippen molar-refractivity contribution in [2.45, 2.75) is 25.7 Å². The summed E-state index contributed by atoms with van der Waals surface area (Å²) >= 11 is 0. The van der Waals surface area contributed by atoms with Crippen molar-refractivity contribution in [3.05, 3.63) is 61.2 Å². The Kier molecular flexibility index (Phi) is 10.3. The molecule has 0 N–H and O–H groups in total. The molecular weight excluding hydrogens is 463 g/mol. The molecule has 1 saturated heterocycles. The zero-order valence-corrected chi connectivity index (χ0v) is 21.8. The van der Waals surface area contributed by atoms with Gasteiger partial charge in [0.05, 0.1) is 28.2 Å². The van der Waals surface area contributed by atoms with Gasteiger partial charge in [-0.05, 0) is 50.0 Å². The van der Waals surface area contributed by atoms with Gasteiger partial charge in [0.25, 0.3) is 0 Å². The number of esters is 1. The second-order valence-corrected chi connectivity index (χ2v) is 9.09. The van der Waals surface area contributed by atoms with Gasteiger partial charge in [0.1, 0.15) is 11.6 Å². The molecule has 35 heavy (non-hydrogen) atoms. The number of amides is 1. The van der Waals surface area contributed by atoms with Gasteiger partial charge in [-0.25, -0.2) is 4.98 Å². The van der Waals surface area contributed by atoms with Crippen molar-refractivity contribution >= 4 is 27.2 Å². The van der Waals surface area contributed by atoms with Gasteiger partial charge in [-0.2, -0.15) is 0 Å². The first-order valence-electron chi connectivity index (χ1n) is 12.2. The molecule has 1 aromatic heterocycles. The van der Waals surface area contributed by atoms with E-state index in [0.717, 1.165) is 38.4 Å². The molecule has 8 nitrogen and oxygen atoms in total. The van der Waals surface area contributed by atoms with Gasteiger partial charge >= 0.3 is 5.97 Å². The minimum Gasteiger partial charge on any atom is -0.478 e. The molecule has 1 saturated carbocycles. The molecule has 1 aromatic rings. The number of pyridine rings is 1. The summed E-state index contributed by atoms with van der Waals surface area (Å²) in [5, 5.41) is 0. The first-order valence-corrected chi connectivity index (χ1v) is 12.6. The lowest BCUT2D eigenvalue weighted by molar-refractivity contribution is -0.147. The number of carbonyl (C=O) groups excluding carboxylic acids is 2. The fourth-order valence-electron chi connectivity index (χ4n) is 4.87. The van der Waals surface area contributed by atoms with Crippen LogP contribution in [-0.4, -0.2) is 73.0 Å². The van der Waals surface area contributed by atoms with Gasteiger partial charge in [-0.15, -0.1) is 0 Å². The lowest BCUT2D eigenvalue weighted by Crippen LogP contribution is -2.49. The SMILES string of the molecule is C=C/C(OP)=C(\C=C)N1CCN(CCN(C(=O)C2CCC(C(=O)OC)CC2)c2ccccn2)CC1. The van der Waals surface area contributed by atoms with Gasteiger partial charge in [0.2, 0.25) is 5.91 Å². The van der Waals surface area contributed by atoms with E-state index >= 15 is 0 Å². The molecule has 0 spiro atoms. The largest absolute Gasteiger partial charge is 0.478 e. The number of hydrogen-bond acceptors (Lipinski definition) is 7. The summed E-state index contributed by atoms with van der Waals surface area (Å²) in [6.45, 7) is 12.5. The zero-order chi connectivity index (χ0) is 25.2. The average Bonchev–Trinajstić information content (AvgIpc) is 2.92. The second-order valence-electron chi connectivity index (χ2n) is 8.85. The third kappa shape index (κ3) is 6.92. The molecule has 2 heterocycles. The molecule has 3 rings (SSSR count). The predicted molar refractivity (Wildman–Crippen MR) is 140 cm³/mol. The fourth-order valence-corrected chi connectivity index (χ4v) is 5.08. The lowest BCUT2D eigenvalue weighted by Gasteiger charge is -2.38. The predicted octanol–water partition coefficient (Wildman–Crippen LogP) is 3.40. The number of methoxy groups -OCH3 is 1. The van der Waals surface area contributed by atoms with E-state index in [1.807, 2.05) is 23.1 Å². The molecule has 1 aliphatic carbocycles. The molecule has 0 radical (unpaired) electrons. The number of rotatable bonds is 10. The van der Waals surface area contributed by atoms with E-state index < -0.39 is 0 Å². The van der Waals surface area contributed by atoms with E-state index in [2.05, 4.69) is 37.4 Å². The van der Waals surface area contributed by atoms with E-state index in [1.54, 1.807) is 18.3 Å². The minimum atomic E-state index is -0.171. The number of piperazine rings is 1.